The minimum atomic E-state index is -1.39. The van der Waals surface area contributed by atoms with Crippen LogP contribution in [-0.2, 0) is 15.1 Å². The highest BCUT2D eigenvalue weighted by Crippen LogP contribution is 2.31. The van der Waals surface area contributed by atoms with E-state index in [0.717, 1.165) is 10.5 Å². The van der Waals surface area contributed by atoms with Gasteiger partial charge in [-0.2, -0.15) is 0 Å². The zero-order valence-corrected chi connectivity index (χ0v) is 17.8. The topological polar surface area (TPSA) is 91.4 Å². The molecule has 4 rings (SSSR count). The molecule has 2 heterocycles. The fraction of sp³-hybridized carbons (Fsp3) is 0.143. The minimum absolute atomic E-state index is 0.313. The van der Waals surface area contributed by atoms with Gasteiger partial charge in [-0.1, -0.05) is 41.9 Å². The van der Waals surface area contributed by atoms with Gasteiger partial charge in [0.05, 0.1) is 5.69 Å². The number of benzene rings is 2. The van der Waals surface area contributed by atoms with E-state index in [1.54, 1.807) is 17.5 Å². The summed E-state index contributed by atoms with van der Waals surface area (Å²) in [6.45, 7) is 1.03. The second kappa shape index (κ2) is 8.09. The van der Waals surface area contributed by atoms with E-state index >= 15 is 0 Å². The summed E-state index contributed by atoms with van der Waals surface area (Å²) in [7, 11) is 0. The number of carbonyl (C=O) groups excluding carboxylic acids is 3. The Bertz CT molecular complexity index is 1180. The van der Waals surface area contributed by atoms with Crippen molar-refractivity contribution in [2.24, 2.45) is 0 Å². The van der Waals surface area contributed by atoms with E-state index in [2.05, 4.69) is 15.6 Å². The number of amides is 4. The molecular weight excluding hydrogens is 443 g/mol. The van der Waals surface area contributed by atoms with E-state index < -0.39 is 35.7 Å². The average molecular weight is 459 g/mol. The number of halogens is 2. The third kappa shape index (κ3) is 4.01. The van der Waals surface area contributed by atoms with Crippen LogP contribution in [0.25, 0.3) is 11.3 Å². The number of nitrogens with one attached hydrogen (secondary N) is 2. The van der Waals surface area contributed by atoms with Gasteiger partial charge in [0.25, 0.3) is 5.91 Å². The van der Waals surface area contributed by atoms with Crippen LogP contribution < -0.4 is 10.6 Å². The number of hydrogen-bond donors (Lipinski definition) is 2. The van der Waals surface area contributed by atoms with Crippen LogP contribution in [0.1, 0.15) is 12.5 Å². The van der Waals surface area contributed by atoms with Crippen LogP contribution in [-0.4, -0.2) is 34.3 Å². The summed E-state index contributed by atoms with van der Waals surface area (Å²) in [4.78, 5) is 42.9. The lowest BCUT2D eigenvalue weighted by Crippen LogP contribution is -2.42. The molecule has 158 valence electrons. The molecule has 7 nitrogen and oxygen atoms in total. The predicted octanol–water partition coefficient (Wildman–Crippen LogP) is 4.01. The molecule has 10 heteroatoms. The first-order valence-corrected chi connectivity index (χ1v) is 10.4. The maximum atomic E-state index is 13.2. The highest BCUT2D eigenvalue weighted by molar-refractivity contribution is 7.14. The van der Waals surface area contributed by atoms with Gasteiger partial charge in [0, 0.05) is 16.0 Å². The van der Waals surface area contributed by atoms with Crippen LogP contribution in [0.5, 0.6) is 0 Å². The third-order valence-electron chi connectivity index (χ3n) is 4.90. The van der Waals surface area contributed by atoms with Crippen molar-refractivity contribution < 1.29 is 18.8 Å². The summed E-state index contributed by atoms with van der Waals surface area (Å²) in [5.74, 6) is -1.64. The van der Waals surface area contributed by atoms with Crippen molar-refractivity contribution in [1.29, 1.82) is 0 Å². The van der Waals surface area contributed by atoms with Crippen molar-refractivity contribution in [2.75, 3.05) is 11.9 Å². The molecule has 1 atom stereocenters. The fourth-order valence-corrected chi connectivity index (χ4v) is 4.20. The van der Waals surface area contributed by atoms with Crippen molar-refractivity contribution in [2.45, 2.75) is 12.5 Å². The number of nitrogens with zero attached hydrogens (tertiary/aromatic N) is 2. The summed E-state index contributed by atoms with van der Waals surface area (Å²) in [5, 5.41) is 7.76. The first-order chi connectivity index (χ1) is 14.8. The lowest BCUT2D eigenvalue weighted by Gasteiger charge is -2.22. The van der Waals surface area contributed by atoms with Crippen molar-refractivity contribution >= 4 is 45.9 Å². The van der Waals surface area contributed by atoms with Gasteiger partial charge in [-0.05, 0) is 30.7 Å². The zero-order valence-electron chi connectivity index (χ0n) is 16.2. The van der Waals surface area contributed by atoms with Gasteiger partial charge < -0.3 is 10.6 Å². The third-order valence-corrected chi connectivity index (χ3v) is 5.99. The average Bonchev–Trinajstić information content (AvgIpc) is 3.27. The van der Waals surface area contributed by atoms with E-state index in [1.165, 1.54) is 42.5 Å². The van der Waals surface area contributed by atoms with Crippen molar-refractivity contribution in [1.82, 2.24) is 15.2 Å². The Morgan fingerprint density at radius 1 is 1.23 bits per heavy atom. The minimum Gasteiger partial charge on any atom is -0.319 e. The summed E-state index contributed by atoms with van der Waals surface area (Å²) >= 11 is 7.37. The number of thiazole rings is 1. The molecule has 4 amide bonds. The lowest BCUT2D eigenvalue weighted by atomic mass is 9.92. The second-order valence-electron chi connectivity index (χ2n) is 7.02. The molecule has 0 bridgehead atoms. The van der Waals surface area contributed by atoms with Gasteiger partial charge in [-0.3, -0.25) is 14.5 Å². The Morgan fingerprint density at radius 3 is 2.65 bits per heavy atom. The standard InChI is InChI=1S/C21H16ClFN4O3S/c1-21(12-6-8-13(23)9-7-12)18(29)27(20(30)26-21)10-17(28)25-19-24-16(11-31-19)14-4-2-3-5-15(14)22/h2-9,11H,10H2,1H3,(H,26,30)(H,24,25,28). The Morgan fingerprint density at radius 2 is 1.94 bits per heavy atom. The van der Waals surface area contributed by atoms with Crippen LogP contribution in [0.4, 0.5) is 14.3 Å². The molecule has 0 radical (unpaired) electrons. The molecule has 3 aromatic rings. The first-order valence-electron chi connectivity index (χ1n) is 9.18. The summed E-state index contributed by atoms with van der Waals surface area (Å²) in [6.07, 6.45) is 0. The molecule has 0 spiro atoms. The first kappa shape index (κ1) is 21.0. The van der Waals surface area contributed by atoms with Gasteiger partial charge in [0.2, 0.25) is 5.91 Å². The number of imide groups is 1. The van der Waals surface area contributed by atoms with Gasteiger partial charge in [0.1, 0.15) is 17.9 Å². The quantitative estimate of drug-likeness (QED) is 0.565. The zero-order chi connectivity index (χ0) is 22.2. The largest absolute Gasteiger partial charge is 0.325 e. The van der Waals surface area contributed by atoms with Crippen molar-refractivity contribution in [3.63, 3.8) is 0 Å². The van der Waals surface area contributed by atoms with E-state index in [4.69, 9.17) is 11.6 Å². The Balaban J connectivity index is 1.45. The summed E-state index contributed by atoms with van der Waals surface area (Å²) in [5.41, 5.74) is 0.359. The van der Waals surface area contributed by atoms with Gasteiger partial charge in [-0.25, -0.2) is 14.2 Å². The van der Waals surface area contributed by atoms with Gasteiger partial charge in [-0.15, -0.1) is 11.3 Å². The molecule has 0 saturated carbocycles. The Kier molecular flexibility index (Phi) is 5.47. The molecule has 2 N–H and O–H groups in total. The maximum absolute atomic E-state index is 13.2. The van der Waals surface area contributed by atoms with Crippen LogP contribution in [0.2, 0.25) is 5.02 Å². The number of anilines is 1. The smallest absolute Gasteiger partial charge is 0.319 e. The second-order valence-corrected chi connectivity index (χ2v) is 8.28. The van der Waals surface area contributed by atoms with Gasteiger partial charge >= 0.3 is 6.03 Å². The Labute approximate surface area is 185 Å². The number of hydrogen-bond acceptors (Lipinski definition) is 5. The summed E-state index contributed by atoms with van der Waals surface area (Å²) < 4.78 is 13.2. The number of aromatic nitrogens is 1. The molecule has 1 unspecified atom stereocenters. The molecule has 1 aromatic heterocycles. The Hall–Kier alpha value is -3.30. The number of urea groups is 1. The van der Waals surface area contributed by atoms with E-state index in [1.807, 2.05) is 12.1 Å². The fourth-order valence-electron chi connectivity index (χ4n) is 3.25. The molecular formula is C21H16ClFN4O3S. The van der Waals surface area contributed by atoms with Crippen molar-refractivity contribution in [3.8, 4) is 11.3 Å². The highest BCUT2D eigenvalue weighted by atomic mass is 35.5. The molecule has 1 saturated heterocycles. The molecule has 1 aliphatic heterocycles. The number of rotatable bonds is 5. The van der Waals surface area contributed by atoms with E-state index in [0.29, 0.717) is 21.4 Å². The maximum Gasteiger partial charge on any atom is 0.325 e. The van der Waals surface area contributed by atoms with E-state index in [9.17, 15) is 18.8 Å². The molecule has 1 fully saturated rings. The van der Waals surface area contributed by atoms with Crippen LogP contribution in [0.3, 0.4) is 0 Å². The SMILES string of the molecule is CC1(c2ccc(F)cc2)NC(=O)N(CC(=O)Nc2nc(-c3ccccc3Cl)cs2)C1=O. The number of carbonyl (C=O) groups is 3. The van der Waals surface area contributed by atoms with Crippen LogP contribution >= 0.6 is 22.9 Å². The molecule has 31 heavy (non-hydrogen) atoms. The van der Waals surface area contributed by atoms with Crippen LogP contribution in [0.15, 0.2) is 53.9 Å². The van der Waals surface area contributed by atoms with Crippen LogP contribution in [0, 0.1) is 5.82 Å². The monoisotopic (exact) mass is 458 g/mol. The van der Waals surface area contributed by atoms with E-state index in [-0.39, 0.29) is 0 Å². The molecule has 0 aliphatic carbocycles. The highest BCUT2D eigenvalue weighted by Gasteiger charge is 2.49. The van der Waals surface area contributed by atoms with Gasteiger partial charge in [0.15, 0.2) is 5.13 Å². The normalized spacial score (nSPS) is 18.2. The molecule has 1 aliphatic rings. The molecule has 2 aromatic carbocycles. The summed E-state index contributed by atoms with van der Waals surface area (Å²) in [6, 6.07) is 11.7. The van der Waals surface area contributed by atoms with Crippen molar-refractivity contribution in [3.05, 3.63) is 70.3 Å². The lowest BCUT2D eigenvalue weighted by molar-refractivity contribution is -0.133. The predicted molar refractivity (Wildman–Crippen MR) is 115 cm³/mol.